The van der Waals surface area contributed by atoms with Crippen molar-refractivity contribution < 1.29 is 14.0 Å². The van der Waals surface area contributed by atoms with Crippen LogP contribution >= 0.6 is 24.8 Å². The van der Waals surface area contributed by atoms with Crippen molar-refractivity contribution in [3.63, 3.8) is 0 Å². The minimum Gasteiger partial charge on any atom is -0.373 e. The van der Waals surface area contributed by atoms with Crippen molar-refractivity contribution in [2.75, 3.05) is 10.6 Å². The number of hydrogen-bond acceptors (Lipinski definition) is 5. The number of hydrogen-bond donors (Lipinski definition) is 5. The van der Waals surface area contributed by atoms with Crippen molar-refractivity contribution in [2.45, 2.75) is 18.2 Å². The zero-order valence-corrected chi connectivity index (χ0v) is 15.9. The second-order valence-corrected chi connectivity index (χ2v) is 6.61. The predicted molar refractivity (Wildman–Crippen MR) is 111 cm³/mol. The van der Waals surface area contributed by atoms with Gasteiger partial charge in [0, 0.05) is 17.8 Å². The third kappa shape index (κ3) is 8.06. The van der Waals surface area contributed by atoms with Crippen molar-refractivity contribution >= 4 is 53.0 Å². The van der Waals surface area contributed by atoms with E-state index in [1.165, 1.54) is 24.3 Å². The van der Waals surface area contributed by atoms with Crippen molar-refractivity contribution in [2.24, 2.45) is 0 Å². The SMILES string of the molecule is O=C(CC(=O)NNC(=S)Nc1ccc(F)cc1)CC(S)Nc1ccccc1. The fourth-order valence-electron chi connectivity index (χ4n) is 2.11. The second kappa shape index (κ2) is 10.5. The maximum Gasteiger partial charge on any atom is 0.245 e. The van der Waals surface area contributed by atoms with E-state index in [0.717, 1.165) is 5.69 Å². The Hall–Kier alpha value is -2.65. The number of thiol groups is 1. The van der Waals surface area contributed by atoms with Gasteiger partial charge < -0.3 is 10.6 Å². The lowest BCUT2D eigenvalue weighted by Gasteiger charge is -2.14. The molecule has 0 aliphatic heterocycles. The van der Waals surface area contributed by atoms with Gasteiger partial charge in [0.05, 0.1) is 11.8 Å². The molecule has 0 bridgehead atoms. The third-order valence-electron chi connectivity index (χ3n) is 3.30. The van der Waals surface area contributed by atoms with E-state index >= 15 is 0 Å². The van der Waals surface area contributed by atoms with Gasteiger partial charge in [-0.25, -0.2) is 4.39 Å². The Morgan fingerprint density at radius 1 is 1.00 bits per heavy atom. The minimum absolute atomic E-state index is 0.0870. The van der Waals surface area contributed by atoms with Crippen molar-refractivity contribution in [1.29, 1.82) is 0 Å². The molecule has 2 aromatic carbocycles. The summed E-state index contributed by atoms with van der Waals surface area (Å²) in [6.07, 6.45) is -0.219. The Bertz CT molecular complexity index is 788. The van der Waals surface area contributed by atoms with Gasteiger partial charge in [0.15, 0.2) is 5.11 Å². The highest BCUT2D eigenvalue weighted by Gasteiger charge is 2.14. The first-order valence-electron chi connectivity index (χ1n) is 8.05. The molecule has 0 spiro atoms. The average molecular weight is 407 g/mol. The smallest absolute Gasteiger partial charge is 0.245 e. The molecule has 6 nitrogen and oxygen atoms in total. The molecule has 27 heavy (non-hydrogen) atoms. The van der Waals surface area contributed by atoms with E-state index in [1.54, 1.807) is 0 Å². The fourth-order valence-corrected chi connectivity index (χ4v) is 2.63. The van der Waals surface area contributed by atoms with Crippen LogP contribution in [-0.4, -0.2) is 22.2 Å². The normalized spacial score (nSPS) is 11.2. The molecular weight excluding hydrogens is 387 g/mol. The van der Waals surface area contributed by atoms with E-state index in [2.05, 4.69) is 34.1 Å². The molecule has 2 aromatic rings. The summed E-state index contributed by atoms with van der Waals surface area (Å²) in [5.41, 5.74) is 6.22. The molecular formula is C18H19FN4O2S2. The van der Waals surface area contributed by atoms with E-state index in [0.29, 0.717) is 5.69 Å². The fraction of sp³-hybridized carbons (Fsp3) is 0.167. The van der Waals surface area contributed by atoms with Gasteiger partial charge in [-0.05, 0) is 48.6 Å². The molecule has 2 rings (SSSR count). The van der Waals surface area contributed by atoms with Crippen LogP contribution in [0.5, 0.6) is 0 Å². The number of nitrogens with one attached hydrogen (secondary N) is 4. The largest absolute Gasteiger partial charge is 0.373 e. The van der Waals surface area contributed by atoms with Crippen molar-refractivity contribution in [3.05, 3.63) is 60.4 Å². The predicted octanol–water partition coefficient (Wildman–Crippen LogP) is 2.86. The molecule has 4 N–H and O–H groups in total. The quantitative estimate of drug-likeness (QED) is 0.160. The lowest BCUT2D eigenvalue weighted by molar-refractivity contribution is -0.128. The number of carbonyl (C=O) groups excluding carboxylic acids is 2. The minimum atomic E-state index is -0.525. The Morgan fingerprint density at radius 3 is 2.33 bits per heavy atom. The second-order valence-electron chi connectivity index (χ2n) is 5.58. The number of thiocarbonyl (C=S) groups is 1. The van der Waals surface area contributed by atoms with Gasteiger partial charge in [-0.1, -0.05) is 18.2 Å². The van der Waals surface area contributed by atoms with E-state index in [4.69, 9.17) is 12.2 Å². The number of amides is 1. The number of hydrazine groups is 1. The molecule has 0 aromatic heterocycles. The summed E-state index contributed by atoms with van der Waals surface area (Å²) in [6.45, 7) is 0. The summed E-state index contributed by atoms with van der Waals surface area (Å²) in [4.78, 5) is 23.8. The van der Waals surface area contributed by atoms with Gasteiger partial charge >= 0.3 is 0 Å². The van der Waals surface area contributed by atoms with E-state index in [9.17, 15) is 14.0 Å². The molecule has 0 saturated heterocycles. The highest BCUT2D eigenvalue weighted by molar-refractivity contribution is 7.81. The third-order valence-corrected chi connectivity index (χ3v) is 3.82. The first-order chi connectivity index (χ1) is 12.9. The molecule has 1 amide bonds. The van der Waals surface area contributed by atoms with Crippen LogP contribution in [0.3, 0.4) is 0 Å². The summed E-state index contributed by atoms with van der Waals surface area (Å²) in [6, 6.07) is 14.9. The summed E-state index contributed by atoms with van der Waals surface area (Å²) in [7, 11) is 0. The lowest BCUT2D eigenvalue weighted by atomic mass is 10.2. The Morgan fingerprint density at radius 2 is 1.67 bits per heavy atom. The molecule has 142 valence electrons. The van der Waals surface area contributed by atoms with Crippen LogP contribution in [0.2, 0.25) is 0 Å². The standard InChI is InChI=1S/C18H19FN4O2S2/c19-12-6-8-14(9-7-12)21-18(27)23-22-16(25)10-15(24)11-17(26)20-13-4-2-1-3-5-13/h1-9,17,20,26H,10-11H2,(H,22,25)(H2,21,23,27). The first kappa shape index (κ1) is 20.7. The number of rotatable bonds is 7. The molecule has 1 atom stereocenters. The van der Waals surface area contributed by atoms with Crippen LogP contribution in [0.1, 0.15) is 12.8 Å². The van der Waals surface area contributed by atoms with Crippen molar-refractivity contribution in [3.8, 4) is 0 Å². The molecule has 0 fully saturated rings. The average Bonchev–Trinajstić information content (AvgIpc) is 2.62. The van der Waals surface area contributed by atoms with E-state index < -0.39 is 11.3 Å². The Kier molecular flexibility index (Phi) is 8.02. The van der Waals surface area contributed by atoms with Gasteiger partial charge in [-0.3, -0.25) is 20.4 Å². The summed E-state index contributed by atoms with van der Waals surface area (Å²) in [5, 5.41) is 5.55. The van der Waals surface area contributed by atoms with Crippen LogP contribution in [0.15, 0.2) is 54.6 Å². The lowest BCUT2D eigenvalue weighted by Crippen LogP contribution is -2.44. The number of carbonyl (C=O) groups is 2. The Balaban J connectivity index is 1.67. The number of halogens is 1. The van der Waals surface area contributed by atoms with Gasteiger partial charge in [0.1, 0.15) is 11.6 Å². The molecule has 0 radical (unpaired) electrons. The first-order valence-corrected chi connectivity index (χ1v) is 8.97. The van der Waals surface area contributed by atoms with Crippen LogP contribution in [0.25, 0.3) is 0 Å². The highest BCUT2D eigenvalue weighted by atomic mass is 32.1. The van der Waals surface area contributed by atoms with Crippen molar-refractivity contribution in [1.82, 2.24) is 10.9 Å². The number of ketones is 1. The molecule has 0 heterocycles. The van der Waals surface area contributed by atoms with Gasteiger partial charge in [-0.2, -0.15) is 12.6 Å². The molecule has 1 unspecified atom stereocenters. The number of para-hydroxylation sites is 1. The maximum atomic E-state index is 12.8. The number of Topliss-reactive ketones (excluding diaryl/α,β-unsaturated/α-hetero) is 1. The van der Waals surface area contributed by atoms with Gasteiger partial charge in [0.25, 0.3) is 0 Å². The highest BCUT2D eigenvalue weighted by Crippen LogP contribution is 2.12. The molecule has 0 aliphatic carbocycles. The van der Waals surface area contributed by atoms with E-state index in [-0.39, 0.29) is 29.6 Å². The zero-order chi connectivity index (χ0) is 19.6. The number of anilines is 2. The summed E-state index contributed by atoms with van der Waals surface area (Å²) < 4.78 is 12.8. The number of benzene rings is 2. The maximum absolute atomic E-state index is 12.8. The molecule has 9 heteroatoms. The van der Waals surface area contributed by atoms with E-state index in [1.807, 2.05) is 30.3 Å². The summed E-state index contributed by atoms with van der Waals surface area (Å²) >= 11 is 9.32. The van der Waals surface area contributed by atoms with Crippen LogP contribution in [-0.2, 0) is 9.59 Å². The zero-order valence-electron chi connectivity index (χ0n) is 14.2. The van der Waals surface area contributed by atoms with Gasteiger partial charge in [-0.15, -0.1) is 0 Å². The Labute approximate surface area is 167 Å². The molecule has 0 saturated carbocycles. The van der Waals surface area contributed by atoms with Gasteiger partial charge in [0.2, 0.25) is 5.91 Å². The topological polar surface area (TPSA) is 82.3 Å². The molecule has 0 aliphatic rings. The van der Waals surface area contributed by atoms with Crippen LogP contribution < -0.4 is 21.5 Å². The van der Waals surface area contributed by atoms with Crippen LogP contribution in [0, 0.1) is 5.82 Å². The monoisotopic (exact) mass is 406 g/mol. The van der Waals surface area contributed by atoms with Crippen LogP contribution in [0.4, 0.5) is 15.8 Å². The summed E-state index contributed by atoms with van der Waals surface area (Å²) in [5.74, 6) is -1.16.